The molecule has 0 fully saturated rings. The van der Waals surface area contributed by atoms with Crippen molar-refractivity contribution in [1.29, 1.82) is 0 Å². The van der Waals surface area contributed by atoms with Crippen LogP contribution >= 0.6 is 35.3 Å². The number of thioether (sulfide) groups is 3. The van der Waals surface area contributed by atoms with Crippen molar-refractivity contribution < 1.29 is 4.79 Å². The van der Waals surface area contributed by atoms with Crippen molar-refractivity contribution in [3.63, 3.8) is 0 Å². The summed E-state index contributed by atoms with van der Waals surface area (Å²) in [6, 6.07) is 18.4. The van der Waals surface area contributed by atoms with Crippen molar-refractivity contribution in [2.75, 3.05) is 18.1 Å². The minimum Gasteiger partial charge on any atom is -0.355 e. The maximum atomic E-state index is 11.9. The first-order valence-electron chi connectivity index (χ1n) is 7.68. The van der Waals surface area contributed by atoms with E-state index in [1.165, 1.54) is 22.2 Å². The van der Waals surface area contributed by atoms with E-state index in [-0.39, 0.29) is 5.91 Å². The minimum atomic E-state index is 0.0656. The first kappa shape index (κ1) is 17.5. The summed E-state index contributed by atoms with van der Waals surface area (Å²) in [6.07, 6.45) is 0. The molecule has 0 radical (unpaired) electrons. The summed E-state index contributed by atoms with van der Waals surface area (Å²) in [4.78, 5) is 17.8. The molecule has 0 saturated carbocycles. The summed E-state index contributed by atoms with van der Waals surface area (Å²) in [7, 11) is 0. The summed E-state index contributed by atoms with van der Waals surface area (Å²) in [5, 5.41) is 2.97. The third-order valence-electron chi connectivity index (χ3n) is 3.32. The molecule has 0 bridgehead atoms. The summed E-state index contributed by atoms with van der Waals surface area (Å²) in [5.74, 6) is 2.29. The van der Waals surface area contributed by atoms with Crippen LogP contribution in [-0.2, 0) is 10.5 Å². The standard InChI is InChI=1S/C18H18N2OS3/c21-17(19-10-11-22-15-7-2-1-3-8-15)13-24-18-20-16-9-5-4-6-14(16)12-23-18/h1-9H,10-13H2,(H,19,21). The zero-order chi connectivity index (χ0) is 16.6. The third-order valence-corrected chi connectivity index (χ3v) is 6.58. The molecule has 1 heterocycles. The monoisotopic (exact) mass is 374 g/mol. The van der Waals surface area contributed by atoms with Crippen LogP contribution in [0.1, 0.15) is 5.56 Å². The van der Waals surface area contributed by atoms with Crippen molar-refractivity contribution in [2.24, 2.45) is 4.99 Å². The van der Waals surface area contributed by atoms with Gasteiger partial charge in [-0.25, -0.2) is 4.99 Å². The van der Waals surface area contributed by atoms with E-state index in [1.54, 1.807) is 23.5 Å². The van der Waals surface area contributed by atoms with Crippen LogP contribution in [0.3, 0.4) is 0 Å². The van der Waals surface area contributed by atoms with Crippen LogP contribution in [0.4, 0.5) is 5.69 Å². The van der Waals surface area contributed by atoms with Crippen molar-refractivity contribution in [3.8, 4) is 0 Å². The molecule has 1 N–H and O–H groups in total. The van der Waals surface area contributed by atoms with E-state index < -0.39 is 0 Å². The van der Waals surface area contributed by atoms with E-state index in [0.717, 1.165) is 21.6 Å². The Morgan fingerprint density at radius 1 is 1.08 bits per heavy atom. The highest BCUT2D eigenvalue weighted by atomic mass is 32.2. The molecular formula is C18H18N2OS3. The van der Waals surface area contributed by atoms with E-state index in [0.29, 0.717) is 12.3 Å². The number of nitrogens with one attached hydrogen (secondary N) is 1. The Morgan fingerprint density at radius 2 is 1.88 bits per heavy atom. The van der Waals surface area contributed by atoms with Gasteiger partial charge in [-0.2, -0.15) is 0 Å². The molecular weight excluding hydrogens is 356 g/mol. The average Bonchev–Trinajstić information content (AvgIpc) is 2.64. The van der Waals surface area contributed by atoms with Crippen LogP contribution in [0.5, 0.6) is 0 Å². The highest BCUT2D eigenvalue weighted by molar-refractivity contribution is 8.38. The van der Waals surface area contributed by atoms with E-state index >= 15 is 0 Å². The second kappa shape index (κ2) is 9.20. The molecule has 0 unspecified atom stereocenters. The molecule has 3 rings (SSSR count). The molecule has 0 saturated heterocycles. The van der Waals surface area contributed by atoms with Gasteiger partial charge in [0.2, 0.25) is 5.91 Å². The fourth-order valence-electron chi connectivity index (χ4n) is 2.14. The lowest BCUT2D eigenvalue weighted by Gasteiger charge is -2.14. The van der Waals surface area contributed by atoms with Crippen molar-refractivity contribution in [3.05, 3.63) is 60.2 Å². The lowest BCUT2D eigenvalue weighted by Crippen LogP contribution is -2.27. The van der Waals surface area contributed by atoms with E-state index in [9.17, 15) is 4.79 Å². The Morgan fingerprint density at radius 3 is 2.75 bits per heavy atom. The minimum absolute atomic E-state index is 0.0656. The smallest absolute Gasteiger partial charge is 0.230 e. The molecule has 0 spiro atoms. The Bertz CT molecular complexity index is 719. The lowest BCUT2D eigenvalue weighted by molar-refractivity contribution is -0.118. The van der Waals surface area contributed by atoms with Gasteiger partial charge in [0.25, 0.3) is 0 Å². The molecule has 6 heteroatoms. The molecule has 1 aliphatic rings. The largest absolute Gasteiger partial charge is 0.355 e. The molecule has 124 valence electrons. The van der Waals surface area contributed by atoms with Gasteiger partial charge in [-0.3, -0.25) is 4.79 Å². The number of nitrogens with zero attached hydrogens (tertiary/aromatic N) is 1. The van der Waals surface area contributed by atoms with Gasteiger partial charge in [-0.15, -0.1) is 11.8 Å². The van der Waals surface area contributed by atoms with Gasteiger partial charge in [0.05, 0.1) is 11.4 Å². The van der Waals surface area contributed by atoms with Gasteiger partial charge in [-0.1, -0.05) is 59.9 Å². The number of para-hydroxylation sites is 1. The Hall–Kier alpha value is -1.37. The molecule has 1 aliphatic heterocycles. The third kappa shape index (κ3) is 5.33. The molecule has 2 aromatic rings. The van der Waals surface area contributed by atoms with Crippen LogP contribution < -0.4 is 5.32 Å². The highest BCUT2D eigenvalue weighted by Gasteiger charge is 2.13. The highest BCUT2D eigenvalue weighted by Crippen LogP contribution is 2.34. The van der Waals surface area contributed by atoms with Crippen LogP contribution in [0, 0.1) is 0 Å². The molecule has 0 aromatic heterocycles. The molecule has 3 nitrogen and oxygen atoms in total. The van der Waals surface area contributed by atoms with Crippen molar-refractivity contribution in [2.45, 2.75) is 10.6 Å². The molecule has 2 aromatic carbocycles. The van der Waals surface area contributed by atoms with Crippen LogP contribution in [0.2, 0.25) is 0 Å². The van der Waals surface area contributed by atoms with Gasteiger partial charge in [0, 0.05) is 22.9 Å². The number of benzene rings is 2. The fourth-order valence-corrected chi connectivity index (χ4v) is 4.82. The quantitative estimate of drug-likeness (QED) is 0.594. The van der Waals surface area contributed by atoms with Gasteiger partial charge in [-0.05, 0) is 23.8 Å². The van der Waals surface area contributed by atoms with E-state index in [4.69, 9.17) is 0 Å². The predicted octanol–water partition coefficient (Wildman–Crippen LogP) is 4.56. The van der Waals surface area contributed by atoms with E-state index in [1.807, 2.05) is 36.4 Å². The number of amides is 1. The van der Waals surface area contributed by atoms with Crippen molar-refractivity contribution in [1.82, 2.24) is 5.32 Å². The number of fused-ring (bicyclic) bond motifs is 1. The summed E-state index contributed by atoms with van der Waals surface area (Å²) in [6.45, 7) is 0.682. The summed E-state index contributed by atoms with van der Waals surface area (Å²) >= 11 is 4.97. The van der Waals surface area contributed by atoms with Crippen molar-refractivity contribution >= 4 is 51.3 Å². The molecule has 1 amide bonds. The first-order valence-corrected chi connectivity index (χ1v) is 10.6. The molecule has 0 atom stereocenters. The Balaban J connectivity index is 1.36. The number of carbonyl (C=O) groups excluding carboxylic acids is 1. The Kier molecular flexibility index (Phi) is 6.69. The summed E-state index contributed by atoms with van der Waals surface area (Å²) < 4.78 is 0.975. The van der Waals surface area contributed by atoms with Gasteiger partial charge < -0.3 is 5.32 Å². The lowest BCUT2D eigenvalue weighted by atomic mass is 10.2. The maximum absolute atomic E-state index is 11.9. The molecule has 0 aliphatic carbocycles. The van der Waals surface area contributed by atoms with Crippen LogP contribution in [-0.4, -0.2) is 28.3 Å². The second-order valence-electron chi connectivity index (χ2n) is 5.10. The van der Waals surface area contributed by atoms with Crippen LogP contribution in [0.25, 0.3) is 0 Å². The maximum Gasteiger partial charge on any atom is 0.230 e. The summed E-state index contributed by atoms with van der Waals surface area (Å²) in [5.41, 5.74) is 2.28. The normalized spacial score (nSPS) is 13.1. The zero-order valence-electron chi connectivity index (χ0n) is 13.1. The van der Waals surface area contributed by atoms with Gasteiger partial charge in [0.15, 0.2) is 0 Å². The number of hydrogen-bond acceptors (Lipinski definition) is 5. The fraction of sp³-hybridized carbons (Fsp3) is 0.222. The predicted molar refractivity (Wildman–Crippen MR) is 107 cm³/mol. The molecule has 24 heavy (non-hydrogen) atoms. The second-order valence-corrected chi connectivity index (χ2v) is 8.45. The first-order chi connectivity index (χ1) is 11.8. The Labute approximate surface area is 155 Å². The topological polar surface area (TPSA) is 41.5 Å². The van der Waals surface area contributed by atoms with E-state index in [2.05, 4.69) is 28.5 Å². The number of aliphatic imine (C=N–C) groups is 1. The van der Waals surface area contributed by atoms with Gasteiger partial charge >= 0.3 is 0 Å². The SMILES string of the molecule is O=C(CSC1=Nc2ccccc2CS1)NCCSc1ccccc1. The number of hydrogen-bond donors (Lipinski definition) is 1. The average molecular weight is 375 g/mol. The zero-order valence-corrected chi connectivity index (χ0v) is 15.6. The van der Waals surface area contributed by atoms with Crippen LogP contribution in [0.15, 0.2) is 64.5 Å². The van der Waals surface area contributed by atoms with Gasteiger partial charge in [0.1, 0.15) is 4.38 Å². The number of rotatable bonds is 6. The number of carbonyl (C=O) groups is 1.